The zero-order valence-corrected chi connectivity index (χ0v) is 16.6. The van der Waals surface area contributed by atoms with Gasteiger partial charge in [0.15, 0.2) is 0 Å². The lowest BCUT2D eigenvalue weighted by atomic mass is 10.0. The first kappa shape index (κ1) is 19.7. The predicted octanol–water partition coefficient (Wildman–Crippen LogP) is 2.80. The van der Waals surface area contributed by atoms with Crippen molar-refractivity contribution in [3.63, 3.8) is 0 Å². The summed E-state index contributed by atoms with van der Waals surface area (Å²) < 4.78 is 29.3. The Morgan fingerprint density at radius 3 is 2.18 bits per heavy atom. The number of hydrogen-bond acceptors (Lipinski definition) is 5. The van der Waals surface area contributed by atoms with Crippen molar-refractivity contribution < 1.29 is 8.42 Å². The van der Waals surface area contributed by atoms with E-state index in [2.05, 4.69) is 20.9 Å². The average Bonchev–Trinajstić information content (AvgIpc) is 3.02. The molecule has 1 aromatic heterocycles. The molecule has 0 radical (unpaired) electrons. The van der Waals surface area contributed by atoms with Gasteiger partial charge in [-0.1, -0.05) is 24.3 Å². The van der Waals surface area contributed by atoms with Crippen LogP contribution >= 0.6 is 0 Å². The minimum absolute atomic E-state index is 0.220. The molecule has 0 aliphatic heterocycles. The Balaban J connectivity index is 1.60. The maximum absolute atomic E-state index is 12.5. The van der Waals surface area contributed by atoms with Crippen molar-refractivity contribution in [1.29, 1.82) is 5.26 Å². The summed E-state index contributed by atoms with van der Waals surface area (Å²) in [6.07, 6.45) is 0.617. The first-order valence-electron chi connectivity index (χ1n) is 8.87. The van der Waals surface area contributed by atoms with Gasteiger partial charge in [-0.25, -0.2) is 18.1 Å². The van der Waals surface area contributed by atoms with Crippen LogP contribution in [0, 0.1) is 25.2 Å². The van der Waals surface area contributed by atoms with Gasteiger partial charge >= 0.3 is 0 Å². The van der Waals surface area contributed by atoms with Gasteiger partial charge in [-0.3, -0.25) is 4.68 Å². The SMILES string of the molecule is Cc1nc(C)n(CCCNS(=O)(=O)c2ccc(-c3ccc(C#N)cc3)cc2)n1. The number of nitrogens with one attached hydrogen (secondary N) is 1. The van der Waals surface area contributed by atoms with Crippen LogP contribution in [0.3, 0.4) is 0 Å². The maximum atomic E-state index is 12.5. The number of benzene rings is 2. The van der Waals surface area contributed by atoms with Gasteiger partial charge in [0.1, 0.15) is 11.6 Å². The number of hydrogen-bond donors (Lipinski definition) is 1. The fourth-order valence-corrected chi connectivity index (χ4v) is 3.93. The number of aryl methyl sites for hydroxylation is 3. The summed E-state index contributed by atoms with van der Waals surface area (Å²) in [7, 11) is -3.57. The Kier molecular flexibility index (Phi) is 5.87. The Bertz CT molecular complexity index is 1090. The second kappa shape index (κ2) is 8.33. The summed E-state index contributed by atoms with van der Waals surface area (Å²) in [4.78, 5) is 4.45. The van der Waals surface area contributed by atoms with Crippen LogP contribution in [0.1, 0.15) is 23.6 Å². The monoisotopic (exact) mass is 395 g/mol. The summed E-state index contributed by atoms with van der Waals surface area (Å²) in [5, 5.41) is 13.1. The third kappa shape index (κ3) is 4.63. The van der Waals surface area contributed by atoms with Gasteiger partial charge in [0.25, 0.3) is 0 Å². The Hall–Kier alpha value is -3.02. The van der Waals surface area contributed by atoms with Gasteiger partial charge in [-0.15, -0.1) is 0 Å². The van der Waals surface area contributed by atoms with E-state index in [9.17, 15) is 8.42 Å². The lowest BCUT2D eigenvalue weighted by Gasteiger charge is -2.08. The Labute approximate surface area is 164 Å². The summed E-state index contributed by atoms with van der Waals surface area (Å²) in [5.41, 5.74) is 2.40. The highest BCUT2D eigenvalue weighted by atomic mass is 32.2. The molecule has 0 atom stereocenters. The smallest absolute Gasteiger partial charge is 0.240 e. The first-order valence-corrected chi connectivity index (χ1v) is 10.4. The normalized spacial score (nSPS) is 11.3. The van der Waals surface area contributed by atoms with Crippen molar-refractivity contribution in [2.24, 2.45) is 0 Å². The minimum atomic E-state index is -3.57. The van der Waals surface area contributed by atoms with Gasteiger partial charge in [0.2, 0.25) is 10.0 Å². The molecular weight excluding hydrogens is 374 g/mol. The van der Waals surface area contributed by atoms with Crippen molar-refractivity contribution in [2.75, 3.05) is 6.54 Å². The van der Waals surface area contributed by atoms with Crippen LogP contribution in [0.15, 0.2) is 53.4 Å². The van der Waals surface area contributed by atoms with E-state index >= 15 is 0 Å². The highest BCUT2D eigenvalue weighted by Gasteiger charge is 2.13. The van der Waals surface area contributed by atoms with E-state index in [0.29, 0.717) is 30.9 Å². The van der Waals surface area contributed by atoms with Crippen LogP contribution in [0.4, 0.5) is 0 Å². The standard InChI is InChI=1S/C20H21N5O2S/c1-15-23-16(2)25(24-15)13-3-12-22-28(26,27)20-10-8-19(9-11-20)18-6-4-17(14-21)5-7-18/h4-11,22H,3,12-13H2,1-2H3. The van der Waals surface area contributed by atoms with E-state index in [1.54, 1.807) is 41.1 Å². The zero-order chi connectivity index (χ0) is 20.1. The third-order valence-electron chi connectivity index (χ3n) is 4.31. The molecule has 0 bridgehead atoms. The lowest BCUT2D eigenvalue weighted by Crippen LogP contribution is -2.25. The fourth-order valence-electron chi connectivity index (χ4n) is 2.86. The minimum Gasteiger partial charge on any atom is -0.250 e. The largest absolute Gasteiger partial charge is 0.250 e. The van der Waals surface area contributed by atoms with Gasteiger partial charge in [0.05, 0.1) is 16.5 Å². The van der Waals surface area contributed by atoms with E-state index in [1.807, 2.05) is 26.0 Å². The van der Waals surface area contributed by atoms with Crippen LogP contribution in [-0.4, -0.2) is 29.7 Å². The number of nitriles is 1. The van der Waals surface area contributed by atoms with E-state index in [1.165, 1.54) is 0 Å². The van der Waals surface area contributed by atoms with E-state index in [4.69, 9.17) is 5.26 Å². The van der Waals surface area contributed by atoms with Crippen molar-refractivity contribution >= 4 is 10.0 Å². The molecule has 0 spiro atoms. The number of rotatable bonds is 7. The van der Waals surface area contributed by atoms with Crippen LogP contribution in [0.5, 0.6) is 0 Å². The molecule has 0 saturated heterocycles. The molecule has 0 fully saturated rings. The summed E-state index contributed by atoms with van der Waals surface area (Å²) in [6, 6.07) is 15.9. The second-order valence-electron chi connectivity index (χ2n) is 6.39. The summed E-state index contributed by atoms with van der Waals surface area (Å²) >= 11 is 0. The van der Waals surface area contributed by atoms with Crippen molar-refractivity contribution in [3.05, 3.63) is 65.7 Å². The van der Waals surface area contributed by atoms with Gasteiger partial charge in [-0.2, -0.15) is 10.4 Å². The second-order valence-corrected chi connectivity index (χ2v) is 8.16. The molecule has 2 aromatic carbocycles. The molecule has 3 rings (SSSR count). The highest BCUT2D eigenvalue weighted by molar-refractivity contribution is 7.89. The molecule has 7 nitrogen and oxygen atoms in total. The summed E-state index contributed by atoms with van der Waals surface area (Å²) in [5.74, 6) is 1.53. The molecule has 8 heteroatoms. The zero-order valence-electron chi connectivity index (χ0n) is 15.8. The average molecular weight is 395 g/mol. The molecule has 1 N–H and O–H groups in total. The van der Waals surface area contributed by atoms with E-state index in [0.717, 1.165) is 17.0 Å². The molecule has 0 saturated carbocycles. The molecule has 1 heterocycles. The molecule has 0 unspecified atom stereocenters. The molecular formula is C20H21N5O2S. The van der Waals surface area contributed by atoms with Crippen LogP contribution in [0.2, 0.25) is 0 Å². The first-order chi connectivity index (χ1) is 13.4. The Morgan fingerprint density at radius 1 is 1.04 bits per heavy atom. The van der Waals surface area contributed by atoms with Crippen molar-refractivity contribution in [3.8, 4) is 17.2 Å². The molecule has 0 aliphatic carbocycles. The topological polar surface area (TPSA) is 101 Å². The van der Waals surface area contributed by atoms with Gasteiger partial charge in [0, 0.05) is 13.1 Å². The van der Waals surface area contributed by atoms with Gasteiger partial charge in [-0.05, 0) is 55.7 Å². The van der Waals surface area contributed by atoms with Crippen LogP contribution in [0.25, 0.3) is 11.1 Å². The third-order valence-corrected chi connectivity index (χ3v) is 5.79. The van der Waals surface area contributed by atoms with Crippen LogP contribution in [-0.2, 0) is 16.6 Å². The predicted molar refractivity (Wildman–Crippen MR) is 106 cm³/mol. The molecule has 3 aromatic rings. The molecule has 0 aliphatic rings. The number of aromatic nitrogens is 3. The quantitative estimate of drug-likeness (QED) is 0.620. The maximum Gasteiger partial charge on any atom is 0.240 e. The highest BCUT2D eigenvalue weighted by Crippen LogP contribution is 2.21. The van der Waals surface area contributed by atoms with E-state index < -0.39 is 10.0 Å². The Morgan fingerprint density at radius 2 is 1.64 bits per heavy atom. The number of sulfonamides is 1. The van der Waals surface area contributed by atoms with Crippen LogP contribution < -0.4 is 4.72 Å². The van der Waals surface area contributed by atoms with Crippen molar-refractivity contribution in [1.82, 2.24) is 19.5 Å². The lowest BCUT2D eigenvalue weighted by molar-refractivity contribution is 0.543. The van der Waals surface area contributed by atoms with Gasteiger partial charge < -0.3 is 0 Å². The summed E-state index contributed by atoms with van der Waals surface area (Å²) in [6.45, 7) is 4.62. The van der Waals surface area contributed by atoms with E-state index in [-0.39, 0.29) is 4.90 Å². The van der Waals surface area contributed by atoms with Crippen molar-refractivity contribution in [2.45, 2.75) is 31.7 Å². The fraction of sp³-hybridized carbons (Fsp3) is 0.250. The molecule has 144 valence electrons. The molecule has 28 heavy (non-hydrogen) atoms. The molecule has 0 amide bonds. The number of nitrogens with zero attached hydrogens (tertiary/aromatic N) is 4.